The summed E-state index contributed by atoms with van der Waals surface area (Å²) in [4.78, 5) is 11.0. The van der Waals surface area contributed by atoms with Crippen LogP contribution in [-0.2, 0) is 0 Å². The van der Waals surface area contributed by atoms with E-state index >= 15 is 0 Å². The minimum Gasteiger partial charge on any atom is -0.298 e. The highest BCUT2D eigenvalue weighted by Gasteiger charge is 2.12. The molecule has 1 nitrogen and oxygen atoms in total. The average Bonchev–Trinajstić information content (AvgIpc) is 2.32. The molecule has 0 radical (unpaired) electrons. The maximum Gasteiger partial charge on any atom is 0.159 e. The highest BCUT2D eigenvalue weighted by molar-refractivity contribution is 5.88. The third-order valence-electron chi connectivity index (χ3n) is 2.89. The first kappa shape index (κ1) is 12.4. The van der Waals surface area contributed by atoms with Crippen molar-refractivity contribution in [2.75, 3.05) is 0 Å². The first-order valence-electron chi connectivity index (χ1n) is 5.55. The fourth-order valence-corrected chi connectivity index (χ4v) is 2.01. The summed E-state index contributed by atoms with van der Waals surface area (Å²) in [5.41, 5.74) is 3.31. The van der Waals surface area contributed by atoms with E-state index in [4.69, 9.17) is 0 Å². The van der Waals surface area contributed by atoms with Gasteiger partial charge in [0.25, 0.3) is 0 Å². The minimum absolute atomic E-state index is 0.154. The number of hydrogen-bond donors (Lipinski definition) is 0. The molecule has 0 atom stereocenters. The molecule has 0 aliphatic heterocycles. The lowest BCUT2D eigenvalue weighted by Crippen LogP contribution is -1.95. The zero-order valence-electron chi connectivity index (χ0n) is 10.1. The van der Waals surface area contributed by atoms with Crippen molar-refractivity contribution >= 4 is 6.29 Å². The van der Waals surface area contributed by atoms with Crippen molar-refractivity contribution in [3.63, 3.8) is 0 Å². The van der Waals surface area contributed by atoms with E-state index in [0.717, 1.165) is 28.8 Å². The molecule has 0 spiro atoms. The highest BCUT2D eigenvalue weighted by atomic mass is 19.2. The molecule has 0 aromatic heterocycles. The van der Waals surface area contributed by atoms with Gasteiger partial charge in [-0.05, 0) is 42.7 Å². The molecule has 0 fully saturated rings. The summed E-state index contributed by atoms with van der Waals surface area (Å²) in [6.07, 6.45) is 0.539. The Kier molecular flexibility index (Phi) is 3.24. The lowest BCUT2D eigenvalue weighted by atomic mass is 9.95. The molecule has 0 saturated carbocycles. The Labute approximate surface area is 104 Å². The maximum atomic E-state index is 13.3. The first-order valence-corrected chi connectivity index (χ1v) is 5.55. The van der Waals surface area contributed by atoms with Gasteiger partial charge in [0.2, 0.25) is 0 Å². The molecular weight excluding hydrogens is 234 g/mol. The molecule has 2 aromatic rings. The van der Waals surface area contributed by atoms with Gasteiger partial charge in [-0.1, -0.05) is 23.8 Å². The number of benzene rings is 2. The van der Waals surface area contributed by atoms with Crippen LogP contribution in [0, 0.1) is 25.5 Å². The van der Waals surface area contributed by atoms with Crippen molar-refractivity contribution in [3.05, 3.63) is 58.7 Å². The van der Waals surface area contributed by atoms with E-state index in [9.17, 15) is 13.6 Å². The molecule has 0 saturated heterocycles. The Morgan fingerprint density at radius 2 is 1.61 bits per heavy atom. The standard InChI is InChI=1S/C15H12F2O/c1-9-3-4-12(10(2)5-9)13-7-15(17)14(16)6-11(13)8-18/h3-8H,1-2H3. The van der Waals surface area contributed by atoms with Crippen molar-refractivity contribution in [2.24, 2.45) is 0 Å². The largest absolute Gasteiger partial charge is 0.298 e. The summed E-state index contributed by atoms with van der Waals surface area (Å²) in [5.74, 6) is -1.96. The second kappa shape index (κ2) is 4.69. The predicted octanol–water partition coefficient (Wildman–Crippen LogP) is 4.06. The number of carbonyl (C=O) groups excluding carboxylic acids is 1. The molecule has 0 aliphatic rings. The van der Waals surface area contributed by atoms with Crippen molar-refractivity contribution in [3.8, 4) is 11.1 Å². The van der Waals surface area contributed by atoms with Gasteiger partial charge in [-0.3, -0.25) is 4.79 Å². The number of hydrogen-bond acceptors (Lipinski definition) is 1. The van der Waals surface area contributed by atoms with E-state index in [0.29, 0.717) is 11.8 Å². The van der Waals surface area contributed by atoms with Crippen LogP contribution in [0.15, 0.2) is 30.3 Å². The molecule has 0 heterocycles. The van der Waals surface area contributed by atoms with Crippen LogP contribution >= 0.6 is 0 Å². The second-order valence-electron chi connectivity index (χ2n) is 4.29. The summed E-state index contributed by atoms with van der Waals surface area (Å²) >= 11 is 0. The zero-order valence-corrected chi connectivity index (χ0v) is 10.1. The van der Waals surface area contributed by atoms with Crippen LogP contribution in [0.1, 0.15) is 21.5 Å². The highest BCUT2D eigenvalue weighted by Crippen LogP contribution is 2.28. The second-order valence-corrected chi connectivity index (χ2v) is 4.29. The summed E-state index contributed by atoms with van der Waals surface area (Å²) < 4.78 is 26.4. The van der Waals surface area contributed by atoms with Gasteiger partial charge in [-0.2, -0.15) is 0 Å². The molecule has 2 rings (SSSR count). The van der Waals surface area contributed by atoms with Crippen LogP contribution in [0.2, 0.25) is 0 Å². The number of aldehydes is 1. The molecule has 2 aromatic carbocycles. The lowest BCUT2D eigenvalue weighted by molar-refractivity contribution is 0.112. The quantitative estimate of drug-likeness (QED) is 0.730. The van der Waals surface area contributed by atoms with Crippen LogP contribution < -0.4 is 0 Å². The molecule has 0 N–H and O–H groups in total. The molecule has 18 heavy (non-hydrogen) atoms. The molecule has 0 amide bonds. The van der Waals surface area contributed by atoms with E-state index < -0.39 is 11.6 Å². The van der Waals surface area contributed by atoms with Crippen LogP contribution in [0.4, 0.5) is 8.78 Å². The van der Waals surface area contributed by atoms with Gasteiger partial charge in [0.1, 0.15) is 0 Å². The molecule has 92 valence electrons. The fraction of sp³-hybridized carbons (Fsp3) is 0.133. The van der Waals surface area contributed by atoms with Gasteiger partial charge >= 0.3 is 0 Å². The van der Waals surface area contributed by atoms with Crippen LogP contribution in [0.5, 0.6) is 0 Å². The summed E-state index contributed by atoms with van der Waals surface area (Å²) in [7, 11) is 0. The summed E-state index contributed by atoms with van der Waals surface area (Å²) in [6, 6.07) is 7.61. The van der Waals surface area contributed by atoms with Gasteiger partial charge < -0.3 is 0 Å². The fourth-order valence-electron chi connectivity index (χ4n) is 2.01. The van der Waals surface area contributed by atoms with E-state index in [2.05, 4.69) is 0 Å². The molecule has 0 aliphatic carbocycles. The number of aryl methyl sites for hydroxylation is 2. The molecule has 3 heteroatoms. The third-order valence-corrected chi connectivity index (χ3v) is 2.89. The van der Waals surface area contributed by atoms with Crippen molar-refractivity contribution < 1.29 is 13.6 Å². The average molecular weight is 246 g/mol. The molecular formula is C15H12F2O. The maximum absolute atomic E-state index is 13.3. The van der Waals surface area contributed by atoms with Gasteiger partial charge in [0.05, 0.1) is 0 Å². The van der Waals surface area contributed by atoms with E-state index in [-0.39, 0.29) is 5.56 Å². The topological polar surface area (TPSA) is 17.1 Å². The van der Waals surface area contributed by atoms with Gasteiger partial charge in [0.15, 0.2) is 17.9 Å². The van der Waals surface area contributed by atoms with Crippen LogP contribution in [0.25, 0.3) is 11.1 Å². The van der Waals surface area contributed by atoms with Gasteiger partial charge in [0, 0.05) is 5.56 Å². The normalized spacial score (nSPS) is 10.4. The SMILES string of the molecule is Cc1ccc(-c2cc(F)c(F)cc2C=O)c(C)c1. The number of rotatable bonds is 2. The Morgan fingerprint density at radius 3 is 2.22 bits per heavy atom. The van der Waals surface area contributed by atoms with Crippen LogP contribution in [0.3, 0.4) is 0 Å². The smallest absolute Gasteiger partial charge is 0.159 e. The molecule has 0 unspecified atom stereocenters. The molecule has 0 bridgehead atoms. The monoisotopic (exact) mass is 246 g/mol. The Morgan fingerprint density at radius 1 is 0.944 bits per heavy atom. The Balaban J connectivity index is 2.70. The van der Waals surface area contributed by atoms with Crippen molar-refractivity contribution in [1.82, 2.24) is 0 Å². The third kappa shape index (κ3) is 2.16. The summed E-state index contributed by atoms with van der Waals surface area (Å²) in [6.45, 7) is 3.82. The lowest BCUT2D eigenvalue weighted by Gasteiger charge is -2.10. The van der Waals surface area contributed by atoms with Gasteiger partial charge in [-0.25, -0.2) is 8.78 Å². The van der Waals surface area contributed by atoms with E-state index in [1.165, 1.54) is 0 Å². The van der Waals surface area contributed by atoms with E-state index in [1.807, 2.05) is 32.0 Å². The van der Waals surface area contributed by atoms with E-state index in [1.54, 1.807) is 0 Å². The Hall–Kier alpha value is -2.03. The summed E-state index contributed by atoms with van der Waals surface area (Å²) in [5, 5.41) is 0. The number of carbonyl (C=O) groups is 1. The van der Waals surface area contributed by atoms with Crippen molar-refractivity contribution in [2.45, 2.75) is 13.8 Å². The first-order chi connectivity index (χ1) is 8.52. The Bertz CT molecular complexity index is 618. The van der Waals surface area contributed by atoms with Crippen LogP contribution in [-0.4, -0.2) is 6.29 Å². The minimum atomic E-state index is -1.01. The van der Waals surface area contributed by atoms with Crippen molar-refractivity contribution in [1.29, 1.82) is 0 Å². The predicted molar refractivity (Wildman–Crippen MR) is 66.7 cm³/mol. The zero-order chi connectivity index (χ0) is 13.3. The number of halogens is 2. The van der Waals surface area contributed by atoms with Gasteiger partial charge in [-0.15, -0.1) is 0 Å².